The minimum Gasteiger partial charge on any atom is -0.480 e. The molecular weight excluding hydrogens is 390 g/mol. The summed E-state index contributed by atoms with van der Waals surface area (Å²) in [5.41, 5.74) is 2.14. The fraction of sp³-hybridized carbons (Fsp3) is 0.235. The van der Waals surface area contributed by atoms with Crippen LogP contribution in [-0.4, -0.2) is 54.2 Å². The number of carbonyl (C=O) groups is 2. The van der Waals surface area contributed by atoms with Gasteiger partial charge < -0.3 is 5.11 Å². The molecule has 0 radical (unpaired) electrons. The van der Waals surface area contributed by atoms with E-state index in [1.165, 1.54) is 16.7 Å². The molecule has 26 heavy (non-hydrogen) atoms. The van der Waals surface area contributed by atoms with E-state index < -0.39 is 12.0 Å². The second-order valence-electron chi connectivity index (χ2n) is 5.46. The van der Waals surface area contributed by atoms with E-state index >= 15 is 0 Å². The Kier molecular flexibility index (Phi) is 5.90. The minimum atomic E-state index is -1.05. The molecule has 1 aliphatic heterocycles. The lowest BCUT2D eigenvalue weighted by Gasteiger charge is -2.22. The Balaban J connectivity index is 1.95. The summed E-state index contributed by atoms with van der Waals surface area (Å²) in [5, 5.41) is 9.50. The lowest BCUT2D eigenvalue weighted by molar-refractivity contribution is -0.145. The summed E-state index contributed by atoms with van der Waals surface area (Å²) in [5.74, 6) is -0.798. The number of carboxylic acids is 1. The Morgan fingerprint density at radius 1 is 1.42 bits per heavy atom. The Hall–Kier alpha value is -1.97. The first-order valence-corrected chi connectivity index (χ1v) is 10.3. The number of hydrogen-bond donors (Lipinski definition) is 1. The van der Waals surface area contributed by atoms with Gasteiger partial charge in [-0.2, -0.15) is 11.8 Å². The molecule has 1 saturated heterocycles. The standard InChI is InChI=1S/C17H15N3O3S3/c1-25-8-5-12(16(22)23)20-15(21)13(26-17(20)24)9-10-3-2-4-11-14(10)19-7-6-18-11/h2-4,6-7,9,12H,5,8H2,1H3,(H,22,23). The predicted molar refractivity (Wildman–Crippen MR) is 109 cm³/mol. The zero-order chi connectivity index (χ0) is 18.7. The van der Waals surface area contributed by atoms with E-state index in [1.807, 2.05) is 24.5 Å². The average molecular weight is 406 g/mol. The first-order valence-electron chi connectivity index (χ1n) is 7.71. The van der Waals surface area contributed by atoms with Gasteiger partial charge in [0.2, 0.25) is 0 Å². The highest BCUT2D eigenvalue weighted by molar-refractivity contribution is 8.26. The molecule has 9 heteroatoms. The van der Waals surface area contributed by atoms with Gasteiger partial charge in [0.25, 0.3) is 5.91 Å². The van der Waals surface area contributed by atoms with Crippen molar-refractivity contribution in [2.24, 2.45) is 0 Å². The quantitative estimate of drug-likeness (QED) is 0.580. The van der Waals surface area contributed by atoms with Gasteiger partial charge in [-0.25, -0.2) is 4.79 Å². The highest BCUT2D eigenvalue weighted by atomic mass is 32.2. The number of aromatic nitrogens is 2. The summed E-state index contributed by atoms with van der Waals surface area (Å²) < 4.78 is 0.265. The van der Waals surface area contributed by atoms with Crippen LogP contribution >= 0.6 is 35.7 Å². The van der Waals surface area contributed by atoms with E-state index in [0.717, 1.165) is 22.8 Å². The van der Waals surface area contributed by atoms with Crippen LogP contribution < -0.4 is 0 Å². The zero-order valence-corrected chi connectivity index (χ0v) is 16.2. The number of amides is 1. The predicted octanol–water partition coefficient (Wildman–Crippen LogP) is 3.04. The Labute approximate surface area is 164 Å². The second kappa shape index (κ2) is 8.15. The number of benzene rings is 1. The van der Waals surface area contributed by atoms with Crippen molar-refractivity contribution in [2.75, 3.05) is 12.0 Å². The number of thiocarbonyl (C=S) groups is 1. The van der Waals surface area contributed by atoms with Gasteiger partial charge in [-0.1, -0.05) is 36.1 Å². The van der Waals surface area contributed by atoms with Crippen LogP contribution in [0.25, 0.3) is 17.1 Å². The van der Waals surface area contributed by atoms with Gasteiger partial charge in [-0.05, 0) is 30.6 Å². The summed E-state index contributed by atoms with van der Waals surface area (Å²) in [7, 11) is 0. The Morgan fingerprint density at radius 3 is 2.92 bits per heavy atom. The first kappa shape index (κ1) is 18.8. The van der Waals surface area contributed by atoms with E-state index in [0.29, 0.717) is 22.6 Å². The lowest BCUT2D eigenvalue weighted by Crippen LogP contribution is -2.44. The normalized spacial score (nSPS) is 17.3. The van der Waals surface area contributed by atoms with Crippen molar-refractivity contribution in [3.05, 3.63) is 41.1 Å². The molecule has 1 unspecified atom stereocenters. The van der Waals surface area contributed by atoms with Crippen LogP contribution in [0.3, 0.4) is 0 Å². The number of para-hydroxylation sites is 1. The molecular formula is C17H15N3O3S3. The largest absolute Gasteiger partial charge is 0.480 e. The van der Waals surface area contributed by atoms with Crippen molar-refractivity contribution in [3.63, 3.8) is 0 Å². The molecule has 1 aliphatic rings. The zero-order valence-electron chi connectivity index (χ0n) is 13.8. The molecule has 6 nitrogen and oxygen atoms in total. The molecule has 2 aromatic rings. The molecule has 0 spiro atoms. The fourth-order valence-electron chi connectivity index (χ4n) is 2.61. The molecule has 1 aromatic carbocycles. The van der Waals surface area contributed by atoms with Crippen molar-refractivity contribution in [1.29, 1.82) is 0 Å². The molecule has 1 atom stereocenters. The van der Waals surface area contributed by atoms with Crippen molar-refractivity contribution in [3.8, 4) is 0 Å². The SMILES string of the molecule is CSCCC(C(=O)O)N1C(=O)C(=Cc2cccc3nccnc23)SC1=S. The summed E-state index contributed by atoms with van der Waals surface area (Å²) in [4.78, 5) is 34.6. The maximum absolute atomic E-state index is 12.8. The summed E-state index contributed by atoms with van der Waals surface area (Å²) in [6.45, 7) is 0. The Bertz CT molecular complexity index is 911. The fourth-order valence-corrected chi connectivity index (χ4v) is 4.42. The molecule has 1 aromatic heterocycles. The highest BCUT2D eigenvalue weighted by Crippen LogP contribution is 2.35. The molecule has 0 aliphatic carbocycles. The van der Waals surface area contributed by atoms with E-state index in [2.05, 4.69) is 9.97 Å². The summed E-state index contributed by atoms with van der Waals surface area (Å²) in [6.07, 6.45) is 7.13. The molecule has 1 fully saturated rings. The molecule has 0 saturated carbocycles. The third-order valence-electron chi connectivity index (χ3n) is 3.83. The number of fused-ring (bicyclic) bond motifs is 1. The van der Waals surface area contributed by atoms with Crippen LogP contribution in [0, 0.1) is 0 Å². The number of hydrogen-bond acceptors (Lipinski definition) is 7. The number of rotatable bonds is 6. The molecule has 134 valence electrons. The monoisotopic (exact) mass is 405 g/mol. The third-order valence-corrected chi connectivity index (χ3v) is 5.81. The smallest absolute Gasteiger partial charge is 0.326 e. The van der Waals surface area contributed by atoms with Gasteiger partial charge in [0.15, 0.2) is 0 Å². The lowest BCUT2D eigenvalue weighted by atomic mass is 10.1. The topological polar surface area (TPSA) is 83.4 Å². The molecule has 1 N–H and O–H groups in total. The van der Waals surface area contributed by atoms with Crippen LogP contribution in [-0.2, 0) is 9.59 Å². The van der Waals surface area contributed by atoms with Gasteiger partial charge in [-0.15, -0.1) is 0 Å². The highest BCUT2D eigenvalue weighted by Gasteiger charge is 2.40. The molecule has 3 rings (SSSR count). The van der Waals surface area contributed by atoms with Gasteiger partial charge in [0.05, 0.1) is 15.9 Å². The molecule has 0 bridgehead atoms. The molecule has 2 heterocycles. The van der Waals surface area contributed by atoms with Crippen LogP contribution in [0.15, 0.2) is 35.5 Å². The van der Waals surface area contributed by atoms with Crippen molar-refractivity contribution >= 4 is 69.0 Å². The molecule has 1 amide bonds. The number of thioether (sulfide) groups is 2. The van der Waals surface area contributed by atoms with E-state index in [9.17, 15) is 14.7 Å². The summed E-state index contributed by atoms with van der Waals surface area (Å²) >= 11 is 7.93. The number of nitrogens with zero attached hydrogens (tertiary/aromatic N) is 3. The first-order chi connectivity index (χ1) is 12.5. The van der Waals surface area contributed by atoms with Crippen molar-refractivity contribution in [2.45, 2.75) is 12.5 Å². The maximum Gasteiger partial charge on any atom is 0.326 e. The maximum atomic E-state index is 12.8. The van der Waals surface area contributed by atoms with Gasteiger partial charge >= 0.3 is 5.97 Å². The number of carbonyl (C=O) groups excluding carboxylic acids is 1. The van der Waals surface area contributed by atoms with E-state index in [-0.39, 0.29) is 10.2 Å². The van der Waals surface area contributed by atoms with Crippen molar-refractivity contribution in [1.82, 2.24) is 14.9 Å². The van der Waals surface area contributed by atoms with Crippen LogP contribution in [0.5, 0.6) is 0 Å². The van der Waals surface area contributed by atoms with Gasteiger partial charge in [0.1, 0.15) is 10.4 Å². The van der Waals surface area contributed by atoms with E-state index in [4.69, 9.17) is 12.2 Å². The van der Waals surface area contributed by atoms with Crippen molar-refractivity contribution < 1.29 is 14.7 Å². The van der Waals surface area contributed by atoms with Crippen LogP contribution in [0.4, 0.5) is 0 Å². The van der Waals surface area contributed by atoms with E-state index in [1.54, 1.807) is 18.5 Å². The summed E-state index contributed by atoms with van der Waals surface area (Å²) in [6, 6.07) is 4.56. The average Bonchev–Trinajstić information content (AvgIpc) is 2.90. The second-order valence-corrected chi connectivity index (χ2v) is 8.12. The number of aliphatic carboxylic acids is 1. The number of carboxylic acid groups (broad SMARTS) is 1. The van der Waals surface area contributed by atoms with Gasteiger partial charge in [-0.3, -0.25) is 19.7 Å². The van der Waals surface area contributed by atoms with Crippen LogP contribution in [0.2, 0.25) is 0 Å². The minimum absolute atomic E-state index is 0.265. The van der Waals surface area contributed by atoms with Gasteiger partial charge in [0, 0.05) is 18.0 Å². The third kappa shape index (κ3) is 3.74. The Morgan fingerprint density at radius 2 is 2.19 bits per heavy atom. The van der Waals surface area contributed by atoms with Crippen LogP contribution in [0.1, 0.15) is 12.0 Å².